The first-order valence-electron chi connectivity index (χ1n) is 13.2. The summed E-state index contributed by atoms with van der Waals surface area (Å²) in [4.78, 5) is 24.8. The molecule has 0 aliphatic rings. The Labute approximate surface area is 232 Å². The number of rotatable bonds is 10. The SMILES string of the molecule is Cc1ccc(C(NC(=O)Cc2ccc3oc(C(NCC(N)=O)c4c(C)noc4C)cc3c2)c2ccccc2)cc1. The van der Waals surface area contributed by atoms with E-state index < -0.39 is 11.9 Å². The molecule has 2 aromatic heterocycles. The van der Waals surface area contributed by atoms with Crippen LogP contribution in [0.5, 0.6) is 0 Å². The minimum atomic E-state index is -0.486. The van der Waals surface area contributed by atoms with Crippen LogP contribution < -0.4 is 16.4 Å². The number of fused-ring (bicyclic) bond motifs is 1. The number of aromatic nitrogens is 1. The number of nitrogens with two attached hydrogens (primary N) is 1. The van der Waals surface area contributed by atoms with Crippen molar-refractivity contribution in [2.45, 2.75) is 39.3 Å². The fourth-order valence-electron chi connectivity index (χ4n) is 4.98. The fraction of sp³-hybridized carbons (Fsp3) is 0.219. The number of hydrogen-bond donors (Lipinski definition) is 3. The van der Waals surface area contributed by atoms with E-state index in [0.29, 0.717) is 22.8 Å². The lowest BCUT2D eigenvalue weighted by Gasteiger charge is -2.20. The summed E-state index contributed by atoms with van der Waals surface area (Å²) in [7, 11) is 0. The van der Waals surface area contributed by atoms with Gasteiger partial charge in [0.2, 0.25) is 11.8 Å². The minimum Gasteiger partial charge on any atom is -0.459 e. The summed E-state index contributed by atoms with van der Waals surface area (Å²) in [6, 6.07) is 25.0. The summed E-state index contributed by atoms with van der Waals surface area (Å²) >= 11 is 0. The molecule has 8 nitrogen and oxygen atoms in total. The summed E-state index contributed by atoms with van der Waals surface area (Å²) in [6.45, 7) is 5.65. The molecule has 0 aliphatic heterocycles. The van der Waals surface area contributed by atoms with Crippen LogP contribution in [0, 0.1) is 20.8 Å². The van der Waals surface area contributed by atoms with Crippen LogP contribution in [0.3, 0.4) is 0 Å². The van der Waals surface area contributed by atoms with Gasteiger partial charge in [-0.25, -0.2) is 0 Å². The minimum absolute atomic E-state index is 0.0409. The molecule has 204 valence electrons. The van der Waals surface area contributed by atoms with E-state index >= 15 is 0 Å². The molecule has 0 fully saturated rings. The topological polar surface area (TPSA) is 123 Å². The van der Waals surface area contributed by atoms with Gasteiger partial charge in [-0.15, -0.1) is 0 Å². The van der Waals surface area contributed by atoms with E-state index in [-0.39, 0.29) is 24.9 Å². The highest BCUT2D eigenvalue weighted by atomic mass is 16.5. The van der Waals surface area contributed by atoms with E-state index in [1.54, 1.807) is 0 Å². The lowest BCUT2D eigenvalue weighted by Crippen LogP contribution is -2.32. The molecular formula is C32H32N4O4. The van der Waals surface area contributed by atoms with E-state index in [1.165, 1.54) is 0 Å². The van der Waals surface area contributed by atoms with Crippen molar-refractivity contribution in [1.82, 2.24) is 15.8 Å². The maximum absolute atomic E-state index is 13.3. The first-order chi connectivity index (χ1) is 19.3. The van der Waals surface area contributed by atoms with Gasteiger partial charge >= 0.3 is 0 Å². The number of furan rings is 1. The van der Waals surface area contributed by atoms with Gasteiger partial charge in [0.05, 0.1) is 30.7 Å². The summed E-state index contributed by atoms with van der Waals surface area (Å²) in [6.07, 6.45) is 0.207. The smallest absolute Gasteiger partial charge is 0.231 e. The molecule has 0 aliphatic carbocycles. The van der Waals surface area contributed by atoms with Crippen molar-refractivity contribution in [2.24, 2.45) is 5.73 Å². The van der Waals surface area contributed by atoms with Crippen molar-refractivity contribution in [1.29, 1.82) is 0 Å². The number of amides is 2. The van der Waals surface area contributed by atoms with Crippen molar-refractivity contribution < 1.29 is 18.5 Å². The van der Waals surface area contributed by atoms with Gasteiger partial charge in [0.25, 0.3) is 0 Å². The van der Waals surface area contributed by atoms with Crippen LogP contribution in [0.1, 0.15) is 57.1 Å². The van der Waals surface area contributed by atoms with E-state index in [2.05, 4.69) is 27.9 Å². The Bertz CT molecular complexity index is 1620. The molecule has 2 unspecified atom stereocenters. The van der Waals surface area contributed by atoms with Crippen LogP contribution in [0.2, 0.25) is 0 Å². The molecule has 40 heavy (non-hydrogen) atoms. The van der Waals surface area contributed by atoms with Crippen LogP contribution in [0.4, 0.5) is 0 Å². The lowest BCUT2D eigenvalue weighted by atomic mass is 9.97. The van der Waals surface area contributed by atoms with Crippen molar-refractivity contribution in [3.63, 3.8) is 0 Å². The highest BCUT2D eigenvalue weighted by Gasteiger charge is 2.26. The number of carbonyl (C=O) groups is 2. The molecule has 0 saturated carbocycles. The Balaban J connectivity index is 1.38. The number of hydrogen-bond acceptors (Lipinski definition) is 6. The molecule has 2 atom stereocenters. The van der Waals surface area contributed by atoms with E-state index in [4.69, 9.17) is 14.7 Å². The molecule has 0 spiro atoms. The van der Waals surface area contributed by atoms with Gasteiger partial charge in [-0.2, -0.15) is 0 Å². The molecule has 5 aromatic rings. The maximum atomic E-state index is 13.3. The number of nitrogens with one attached hydrogen (secondary N) is 2. The van der Waals surface area contributed by atoms with Gasteiger partial charge in [0.15, 0.2) is 0 Å². The predicted octanol–water partition coefficient (Wildman–Crippen LogP) is 4.96. The lowest BCUT2D eigenvalue weighted by molar-refractivity contribution is -0.121. The van der Waals surface area contributed by atoms with Crippen LogP contribution in [-0.4, -0.2) is 23.5 Å². The normalized spacial score (nSPS) is 12.8. The average molecular weight is 537 g/mol. The second kappa shape index (κ2) is 11.6. The largest absolute Gasteiger partial charge is 0.459 e. The van der Waals surface area contributed by atoms with Crippen molar-refractivity contribution in [2.75, 3.05) is 6.54 Å². The zero-order valence-electron chi connectivity index (χ0n) is 22.7. The molecule has 0 bridgehead atoms. The predicted molar refractivity (Wildman–Crippen MR) is 153 cm³/mol. The maximum Gasteiger partial charge on any atom is 0.231 e. The monoisotopic (exact) mass is 536 g/mol. The zero-order valence-corrected chi connectivity index (χ0v) is 22.7. The third-order valence-corrected chi connectivity index (χ3v) is 6.96. The van der Waals surface area contributed by atoms with Crippen molar-refractivity contribution in [3.8, 4) is 0 Å². The Morgan fingerprint density at radius 2 is 1.62 bits per heavy atom. The van der Waals surface area contributed by atoms with Crippen LogP contribution >= 0.6 is 0 Å². The molecule has 2 amide bonds. The fourth-order valence-corrected chi connectivity index (χ4v) is 4.98. The van der Waals surface area contributed by atoms with Crippen LogP contribution in [-0.2, 0) is 16.0 Å². The van der Waals surface area contributed by atoms with Gasteiger partial charge in [-0.05, 0) is 55.7 Å². The zero-order chi connectivity index (χ0) is 28.2. The van der Waals surface area contributed by atoms with E-state index in [0.717, 1.165) is 33.2 Å². The Hall–Kier alpha value is -4.69. The third kappa shape index (κ3) is 5.97. The molecule has 5 rings (SSSR count). The number of nitrogens with zero attached hydrogens (tertiary/aromatic N) is 1. The van der Waals surface area contributed by atoms with Gasteiger partial charge in [0, 0.05) is 10.9 Å². The highest BCUT2D eigenvalue weighted by molar-refractivity contribution is 5.83. The molecule has 0 saturated heterocycles. The van der Waals surface area contributed by atoms with Gasteiger partial charge in [-0.3, -0.25) is 14.9 Å². The van der Waals surface area contributed by atoms with Gasteiger partial charge in [0.1, 0.15) is 17.1 Å². The Kier molecular flexibility index (Phi) is 7.79. The summed E-state index contributed by atoms with van der Waals surface area (Å²) in [5.74, 6) is 0.643. The van der Waals surface area contributed by atoms with Crippen LogP contribution in [0.15, 0.2) is 87.8 Å². The summed E-state index contributed by atoms with van der Waals surface area (Å²) in [5, 5.41) is 11.3. The standard InChI is InChI=1S/C32H32N4O4/c1-19-9-12-24(13-10-19)31(23-7-5-4-6-8-23)35-29(38)16-22-11-14-26-25(15-22)17-27(39-26)32(34-18-28(33)37)30-20(2)36-40-21(30)3/h4-15,17,31-32,34H,16,18H2,1-3H3,(H2,33,37)(H,35,38). The first kappa shape index (κ1) is 26.9. The van der Waals surface area contributed by atoms with E-state index in [1.807, 2.05) is 87.5 Å². The molecular weight excluding hydrogens is 504 g/mol. The molecule has 4 N–H and O–H groups in total. The highest BCUT2D eigenvalue weighted by Crippen LogP contribution is 2.32. The van der Waals surface area contributed by atoms with Crippen LogP contribution in [0.25, 0.3) is 11.0 Å². The second-order valence-corrected chi connectivity index (χ2v) is 10.0. The van der Waals surface area contributed by atoms with E-state index in [9.17, 15) is 9.59 Å². The average Bonchev–Trinajstić information content (AvgIpc) is 3.51. The third-order valence-electron chi connectivity index (χ3n) is 6.96. The summed E-state index contributed by atoms with van der Waals surface area (Å²) < 4.78 is 11.5. The number of benzene rings is 3. The molecule has 2 heterocycles. The quantitative estimate of drug-likeness (QED) is 0.232. The molecule has 8 heteroatoms. The van der Waals surface area contributed by atoms with Crippen molar-refractivity contribution in [3.05, 3.63) is 124 Å². The van der Waals surface area contributed by atoms with Gasteiger partial charge in [-0.1, -0.05) is 71.4 Å². The second-order valence-electron chi connectivity index (χ2n) is 10.0. The first-order valence-corrected chi connectivity index (χ1v) is 13.2. The number of aryl methyl sites for hydroxylation is 3. The molecule has 0 radical (unpaired) electrons. The number of carbonyl (C=O) groups excluding carboxylic acids is 2. The Morgan fingerprint density at radius 1 is 0.900 bits per heavy atom. The summed E-state index contributed by atoms with van der Waals surface area (Å²) in [5.41, 5.74) is 11.6. The van der Waals surface area contributed by atoms with Crippen molar-refractivity contribution >= 4 is 22.8 Å². The number of primary amides is 1. The Morgan fingerprint density at radius 3 is 2.30 bits per heavy atom. The molecule has 3 aromatic carbocycles. The van der Waals surface area contributed by atoms with Gasteiger partial charge < -0.3 is 20.0 Å².